The van der Waals surface area contributed by atoms with Crippen molar-refractivity contribution in [2.75, 3.05) is 11.9 Å². The summed E-state index contributed by atoms with van der Waals surface area (Å²) in [5, 5.41) is 3.55. The van der Waals surface area contributed by atoms with Crippen LogP contribution in [-0.2, 0) is 4.79 Å². The number of urea groups is 1. The average molecular weight is 305 g/mol. The Labute approximate surface area is 111 Å². The predicted octanol–water partition coefficient (Wildman–Crippen LogP) is 2.37. The molecule has 17 heavy (non-hydrogen) atoms. The first-order valence-corrected chi connectivity index (χ1v) is 7.31. The maximum absolute atomic E-state index is 12.0. The highest BCUT2D eigenvalue weighted by atomic mass is 79.9. The SMILES string of the molecule is CCCC1NC(=O)N(CC(CBr)C(C)C)C1=O. The summed E-state index contributed by atoms with van der Waals surface area (Å²) in [6.45, 7) is 6.73. The number of halogens is 1. The molecule has 1 saturated heterocycles. The van der Waals surface area contributed by atoms with E-state index in [0.717, 1.165) is 18.2 Å². The Hall–Kier alpha value is -0.580. The number of nitrogens with zero attached hydrogens (tertiary/aromatic N) is 1. The summed E-state index contributed by atoms with van der Waals surface area (Å²) in [7, 11) is 0. The number of carbonyl (C=O) groups is 2. The molecule has 0 saturated carbocycles. The van der Waals surface area contributed by atoms with E-state index in [2.05, 4.69) is 35.1 Å². The van der Waals surface area contributed by atoms with E-state index in [9.17, 15) is 9.59 Å². The van der Waals surface area contributed by atoms with E-state index in [-0.39, 0.29) is 18.0 Å². The maximum Gasteiger partial charge on any atom is 0.324 e. The number of rotatable bonds is 6. The molecule has 5 heteroatoms. The summed E-state index contributed by atoms with van der Waals surface area (Å²) in [5.41, 5.74) is 0. The molecule has 1 aliphatic rings. The molecule has 1 aliphatic heterocycles. The van der Waals surface area contributed by atoms with Crippen LogP contribution in [0.15, 0.2) is 0 Å². The maximum atomic E-state index is 12.0. The summed E-state index contributed by atoms with van der Waals surface area (Å²) in [5.74, 6) is 0.689. The van der Waals surface area contributed by atoms with Crippen LogP contribution in [0.1, 0.15) is 33.6 Å². The zero-order valence-electron chi connectivity index (χ0n) is 10.7. The lowest BCUT2D eigenvalue weighted by Crippen LogP contribution is -2.37. The fourth-order valence-electron chi connectivity index (χ4n) is 1.91. The van der Waals surface area contributed by atoms with Crippen LogP contribution in [0.2, 0.25) is 0 Å². The van der Waals surface area contributed by atoms with E-state index < -0.39 is 0 Å². The molecular formula is C12H21BrN2O2. The first kappa shape index (κ1) is 14.5. The summed E-state index contributed by atoms with van der Waals surface area (Å²) < 4.78 is 0. The van der Waals surface area contributed by atoms with Gasteiger partial charge in [-0.15, -0.1) is 0 Å². The van der Waals surface area contributed by atoms with Crippen LogP contribution in [0.3, 0.4) is 0 Å². The molecule has 2 atom stereocenters. The second-order valence-electron chi connectivity index (χ2n) is 4.90. The predicted molar refractivity (Wildman–Crippen MR) is 71.1 cm³/mol. The molecule has 1 N–H and O–H groups in total. The summed E-state index contributed by atoms with van der Waals surface area (Å²) in [6, 6.07) is -0.546. The molecule has 0 aliphatic carbocycles. The van der Waals surface area contributed by atoms with Crippen molar-refractivity contribution in [3.8, 4) is 0 Å². The molecule has 2 unspecified atom stereocenters. The van der Waals surface area contributed by atoms with Crippen LogP contribution < -0.4 is 5.32 Å². The molecule has 3 amide bonds. The van der Waals surface area contributed by atoms with Gasteiger partial charge in [0.05, 0.1) is 0 Å². The number of hydrogen-bond donors (Lipinski definition) is 1. The molecular weight excluding hydrogens is 284 g/mol. The Bertz CT molecular complexity index is 294. The van der Waals surface area contributed by atoms with E-state index in [1.165, 1.54) is 4.90 Å². The fourth-order valence-corrected chi connectivity index (χ4v) is 2.86. The van der Waals surface area contributed by atoms with Gasteiger partial charge >= 0.3 is 6.03 Å². The van der Waals surface area contributed by atoms with Gasteiger partial charge in [0.15, 0.2) is 0 Å². The third-order valence-electron chi connectivity index (χ3n) is 3.24. The fraction of sp³-hybridized carbons (Fsp3) is 0.833. The number of hydrogen-bond acceptors (Lipinski definition) is 2. The van der Waals surface area contributed by atoms with Gasteiger partial charge in [-0.1, -0.05) is 43.1 Å². The highest BCUT2D eigenvalue weighted by Gasteiger charge is 2.38. The molecule has 1 fully saturated rings. The quantitative estimate of drug-likeness (QED) is 0.605. The number of carbonyl (C=O) groups excluding carboxylic acids is 2. The Morgan fingerprint density at radius 3 is 2.53 bits per heavy atom. The van der Waals surface area contributed by atoms with Crippen molar-refractivity contribution in [3.63, 3.8) is 0 Å². The number of amides is 3. The first-order chi connectivity index (χ1) is 8.01. The molecule has 0 aromatic rings. The highest BCUT2D eigenvalue weighted by Crippen LogP contribution is 2.19. The second kappa shape index (κ2) is 6.38. The van der Waals surface area contributed by atoms with Crippen LogP contribution in [-0.4, -0.2) is 34.8 Å². The number of alkyl halides is 1. The van der Waals surface area contributed by atoms with Crippen LogP contribution in [0.25, 0.3) is 0 Å². The minimum atomic E-state index is -0.310. The zero-order chi connectivity index (χ0) is 13.0. The van der Waals surface area contributed by atoms with Crippen LogP contribution in [0.5, 0.6) is 0 Å². The highest BCUT2D eigenvalue weighted by molar-refractivity contribution is 9.09. The molecule has 0 aromatic carbocycles. The third kappa shape index (κ3) is 3.44. The Morgan fingerprint density at radius 2 is 2.06 bits per heavy atom. The molecule has 0 bridgehead atoms. The van der Waals surface area contributed by atoms with Crippen LogP contribution in [0.4, 0.5) is 4.79 Å². The van der Waals surface area contributed by atoms with Gasteiger partial charge in [0.25, 0.3) is 5.91 Å². The van der Waals surface area contributed by atoms with Gasteiger partial charge in [0.1, 0.15) is 6.04 Å². The molecule has 0 spiro atoms. The van der Waals surface area contributed by atoms with Gasteiger partial charge in [-0.3, -0.25) is 9.69 Å². The molecule has 4 nitrogen and oxygen atoms in total. The molecule has 0 aromatic heterocycles. The largest absolute Gasteiger partial charge is 0.326 e. The van der Waals surface area contributed by atoms with E-state index in [4.69, 9.17) is 0 Å². The van der Waals surface area contributed by atoms with Crippen molar-refractivity contribution in [2.24, 2.45) is 11.8 Å². The minimum Gasteiger partial charge on any atom is -0.326 e. The average Bonchev–Trinajstić information content (AvgIpc) is 2.52. The van der Waals surface area contributed by atoms with Gasteiger partial charge in [-0.25, -0.2) is 4.79 Å². The van der Waals surface area contributed by atoms with Gasteiger partial charge in [0, 0.05) is 11.9 Å². The Balaban J connectivity index is 2.65. The summed E-state index contributed by atoms with van der Waals surface area (Å²) in [4.78, 5) is 25.1. The number of nitrogens with one attached hydrogen (secondary N) is 1. The van der Waals surface area contributed by atoms with Crippen molar-refractivity contribution in [3.05, 3.63) is 0 Å². The zero-order valence-corrected chi connectivity index (χ0v) is 12.3. The monoisotopic (exact) mass is 304 g/mol. The van der Waals surface area contributed by atoms with E-state index in [1.807, 2.05) is 6.92 Å². The molecule has 0 radical (unpaired) electrons. The second-order valence-corrected chi connectivity index (χ2v) is 5.55. The Kier molecular flexibility index (Phi) is 5.43. The minimum absolute atomic E-state index is 0.0662. The normalized spacial score (nSPS) is 22.2. The van der Waals surface area contributed by atoms with Gasteiger partial charge in [-0.05, 0) is 18.3 Å². The summed E-state index contributed by atoms with van der Waals surface area (Å²) >= 11 is 3.44. The first-order valence-electron chi connectivity index (χ1n) is 6.19. The standard InChI is InChI=1S/C12H21BrN2O2/c1-4-5-10-11(16)15(12(17)14-10)7-9(6-13)8(2)3/h8-10H,4-7H2,1-3H3,(H,14,17). The van der Waals surface area contributed by atoms with Gasteiger partial charge in [0.2, 0.25) is 0 Å². The molecule has 1 rings (SSSR count). The lowest BCUT2D eigenvalue weighted by Gasteiger charge is -2.23. The van der Waals surface area contributed by atoms with Crippen LogP contribution >= 0.6 is 15.9 Å². The van der Waals surface area contributed by atoms with Gasteiger partial charge < -0.3 is 5.32 Å². The lowest BCUT2D eigenvalue weighted by atomic mass is 9.97. The topological polar surface area (TPSA) is 49.4 Å². The third-order valence-corrected chi connectivity index (χ3v) is 4.07. The summed E-state index contributed by atoms with van der Waals surface area (Å²) in [6.07, 6.45) is 1.62. The van der Waals surface area contributed by atoms with Crippen LogP contribution in [0, 0.1) is 11.8 Å². The Morgan fingerprint density at radius 1 is 1.41 bits per heavy atom. The smallest absolute Gasteiger partial charge is 0.324 e. The van der Waals surface area contributed by atoms with Crippen molar-refractivity contribution >= 4 is 27.9 Å². The molecule has 1 heterocycles. The van der Waals surface area contributed by atoms with E-state index in [0.29, 0.717) is 18.4 Å². The molecule has 98 valence electrons. The van der Waals surface area contributed by atoms with Crippen molar-refractivity contribution in [2.45, 2.75) is 39.7 Å². The number of imide groups is 1. The van der Waals surface area contributed by atoms with E-state index >= 15 is 0 Å². The van der Waals surface area contributed by atoms with Crippen molar-refractivity contribution in [1.29, 1.82) is 0 Å². The van der Waals surface area contributed by atoms with Crippen molar-refractivity contribution < 1.29 is 9.59 Å². The van der Waals surface area contributed by atoms with Crippen molar-refractivity contribution in [1.82, 2.24) is 10.2 Å². The van der Waals surface area contributed by atoms with Gasteiger partial charge in [-0.2, -0.15) is 0 Å². The van der Waals surface area contributed by atoms with E-state index in [1.54, 1.807) is 0 Å². The lowest BCUT2D eigenvalue weighted by molar-refractivity contribution is -0.128.